The third-order valence-electron chi connectivity index (χ3n) is 4.38. The summed E-state index contributed by atoms with van der Waals surface area (Å²) in [6.45, 7) is 4.01. The molecule has 1 aromatic carbocycles. The number of benzene rings is 1. The Morgan fingerprint density at radius 3 is 2.72 bits per heavy atom. The lowest BCUT2D eigenvalue weighted by Gasteiger charge is -2.17. The number of hydrogen-bond acceptors (Lipinski definition) is 4. The van der Waals surface area contributed by atoms with Crippen LogP contribution >= 0.6 is 0 Å². The standard InChI is InChI=1S/C20H17N5/c1-13-11-19(23-14(2)16-7-5-6-10-22-16)25-18-9-4-3-8-17(18)24-20(25)15(13)12-21/h3-11,14,23H,1-2H3. The minimum atomic E-state index is 0.0258. The zero-order chi connectivity index (χ0) is 17.4. The van der Waals surface area contributed by atoms with Gasteiger partial charge in [-0.2, -0.15) is 5.26 Å². The van der Waals surface area contributed by atoms with E-state index in [0.717, 1.165) is 28.1 Å². The molecule has 0 saturated heterocycles. The van der Waals surface area contributed by atoms with E-state index in [1.54, 1.807) is 6.20 Å². The summed E-state index contributed by atoms with van der Waals surface area (Å²) in [5.41, 5.74) is 5.00. The molecule has 0 aliphatic heterocycles. The first-order valence-corrected chi connectivity index (χ1v) is 8.17. The zero-order valence-electron chi connectivity index (χ0n) is 14.1. The summed E-state index contributed by atoms with van der Waals surface area (Å²) in [7, 11) is 0. The summed E-state index contributed by atoms with van der Waals surface area (Å²) in [5.74, 6) is 0.901. The lowest BCUT2D eigenvalue weighted by Crippen LogP contribution is -2.12. The monoisotopic (exact) mass is 327 g/mol. The lowest BCUT2D eigenvalue weighted by atomic mass is 10.1. The molecule has 0 radical (unpaired) electrons. The van der Waals surface area contributed by atoms with Crippen molar-refractivity contribution < 1.29 is 0 Å². The SMILES string of the molecule is Cc1cc(NC(C)c2ccccn2)n2c(nc3ccccc32)c1C#N. The smallest absolute Gasteiger partial charge is 0.157 e. The number of nitriles is 1. The number of rotatable bonds is 3. The highest BCUT2D eigenvalue weighted by molar-refractivity contribution is 5.85. The van der Waals surface area contributed by atoms with Crippen molar-refractivity contribution in [1.29, 1.82) is 5.26 Å². The number of fused-ring (bicyclic) bond motifs is 3. The van der Waals surface area contributed by atoms with Crippen molar-refractivity contribution in [3.05, 3.63) is 71.5 Å². The average Bonchev–Trinajstić information content (AvgIpc) is 3.02. The van der Waals surface area contributed by atoms with Gasteiger partial charge in [-0.15, -0.1) is 0 Å². The van der Waals surface area contributed by atoms with E-state index in [-0.39, 0.29) is 6.04 Å². The fourth-order valence-electron chi connectivity index (χ4n) is 3.13. The number of aromatic nitrogens is 3. The maximum atomic E-state index is 9.56. The highest BCUT2D eigenvalue weighted by Gasteiger charge is 2.16. The third-order valence-corrected chi connectivity index (χ3v) is 4.38. The minimum absolute atomic E-state index is 0.0258. The van der Waals surface area contributed by atoms with Gasteiger partial charge in [-0.25, -0.2) is 4.98 Å². The topological polar surface area (TPSA) is 66.0 Å². The highest BCUT2D eigenvalue weighted by Crippen LogP contribution is 2.28. The summed E-state index contributed by atoms with van der Waals surface area (Å²) >= 11 is 0. The molecule has 0 spiro atoms. The normalized spacial score (nSPS) is 12.2. The van der Waals surface area contributed by atoms with Crippen LogP contribution < -0.4 is 5.32 Å². The Bertz CT molecular complexity index is 1110. The predicted molar refractivity (Wildman–Crippen MR) is 98.4 cm³/mol. The van der Waals surface area contributed by atoms with Gasteiger partial charge in [0.2, 0.25) is 0 Å². The summed E-state index contributed by atoms with van der Waals surface area (Å²) in [4.78, 5) is 9.09. The van der Waals surface area contributed by atoms with Crippen molar-refractivity contribution >= 4 is 22.5 Å². The van der Waals surface area contributed by atoms with E-state index in [1.807, 2.05) is 59.9 Å². The van der Waals surface area contributed by atoms with Gasteiger partial charge in [0.05, 0.1) is 28.3 Å². The lowest BCUT2D eigenvalue weighted by molar-refractivity contribution is 0.828. The van der Waals surface area contributed by atoms with E-state index < -0.39 is 0 Å². The number of nitrogens with zero attached hydrogens (tertiary/aromatic N) is 4. The molecule has 0 aliphatic carbocycles. The molecule has 1 atom stereocenters. The first kappa shape index (κ1) is 15.2. The summed E-state index contributed by atoms with van der Waals surface area (Å²) in [5, 5.41) is 13.1. The minimum Gasteiger partial charge on any atom is -0.363 e. The van der Waals surface area contributed by atoms with Crippen LogP contribution in [0.4, 0.5) is 5.82 Å². The molecule has 4 aromatic rings. The molecule has 5 nitrogen and oxygen atoms in total. The predicted octanol–water partition coefficient (Wildman–Crippen LogP) is 4.24. The Labute approximate surface area is 145 Å². The van der Waals surface area contributed by atoms with Crippen LogP contribution in [0, 0.1) is 18.3 Å². The summed E-state index contributed by atoms with van der Waals surface area (Å²) in [6, 6.07) is 18.1. The second kappa shape index (κ2) is 5.91. The summed E-state index contributed by atoms with van der Waals surface area (Å²) in [6.07, 6.45) is 1.79. The van der Waals surface area contributed by atoms with E-state index >= 15 is 0 Å². The largest absolute Gasteiger partial charge is 0.363 e. The molecule has 4 rings (SSSR count). The molecule has 3 heterocycles. The van der Waals surface area contributed by atoms with E-state index in [1.165, 1.54) is 0 Å². The van der Waals surface area contributed by atoms with Crippen LogP contribution in [0.2, 0.25) is 0 Å². The second-order valence-corrected chi connectivity index (χ2v) is 6.08. The van der Waals surface area contributed by atoms with Crippen LogP contribution in [0.1, 0.15) is 29.8 Å². The highest BCUT2D eigenvalue weighted by atomic mass is 15.1. The van der Waals surface area contributed by atoms with Crippen LogP contribution in [0.5, 0.6) is 0 Å². The number of nitrogens with one attached hydrogen (secondary N) is 1. The molecule has 0 amide bonds. The molecule has 122 valence electrons. The van der Waals surface area contributed by atoms with Crippen molar-refractivity contribution in [2.24, 2.45) is 0 Å². The van der Waals surface area contributed by atoms with Crippen LogP contribution in [0.3, 0.4) is 0 Å². The Kier molecular flexibility index (Phi) is 3.58. The molecule has 1 N–H and O–H groups in total. The van der Waals surface area contributed by atoms with Gasteiger partial charge in [-0.1, -0.05) is 18.2 Å². The molecule has 0 aliphatic rings. The second-order valence-electron chi connectivity index (χ2n) is 6.08. The maximum absolute atomic E-state index is 9.56. The van der Waals surface area contributed by atoms with Gasteiger partial charge >= 0.3 is 0 Å². The average molecular weight is 327 g/mol. The maximum Gasteiger partial charge on any atom is 0.157 e. The fraction of sp³-hybridized carbons (Fsp3) is 0.150. The molecule has 0 fully saturated rings. The van der Waals surface area contributed by atoms with Crippen molar-refractivity contribution in [2.75, 3.05) is 5.32 Å². The third kappa shape index (κ3) is 2.48. The number of hydrogen-bond donors (Lipinski definition) is 1. The zero-order valence-corrected chi connectivity index (χ0v) is 14.1. The van der Waals surface area contributed by atoms with E-state index in [4.69, 9.17) is 0 Å². The van der Waals surface area contributed by atoms with E-state index in [2.05, 4.69) is 28.3 Å². The van der Waals surface area contributed by atoms with Crippen molar-refractivity contribution in [3.8, 4) is 6.07 Å². The Balaban J connectivity index is 1.93. The Morgan fingerprint density at radius 1 is 1.16 bits per heavy atom. The van der Waals surface area contributed by atoms with Gasteiger partial charge in [0.15, 0.2) is 5.65 Å². The molecule has 0 bridgehead atoms. The Morgan fingerprint density at radius 2 is 1.96 bits per heavy atom. The number of anilines is 1. The van der Waals surface area contributed by atoms with Crippen molar-refractivity contribution in [3.63, 3.8) is 0 Å². The van der Waals surface area contributed by atoms with Gasteiger partial charge in [-0.3, -0.25) is 9.38 Å². The molecule has 3 aromatic heterocycles. The fourth-order valence-corrected chi connectivity index (χ4v) is 3.13. The van der Waals surface area contributed by atoms with E-state index in [9.17, 15) is 5.26 Å². The van der Waals surface area contributed by atoms with E-state index in [0.29, 0.717) is 11.2 Å². The summed E-state index contributed by atoms with van der Waals surface area (Å²) < 4.78 is 2.01. The van der Waals surface area contributed by atoms with Crippen molar-refractivity contribution in [2.45, 2.75) is 19.9 Å². The molecule has 5 heteroatoms. The molecule has 25 heavy (non-hydrogen) atoms. The number of imidazole rings is 1. The van der Waals surface area contributed by atoms with Crippen LogP contribution in [0.25, 0.3) is 16.7 Å². The molecule has 1 unspecified atom stereocenters. The van der Waals surface area contributed by atoms with Gasteiger partial charge in [0.1, 0.15) is 11.9 Å². The number of pyridine rings is 2. The molecular formula is C20H17N5. The van der Waals surface area contributed by atoms with Gasteiger partial charge in [-0.05, 0) is 49.7 Å². The van der Waals surface area contributed by atoms with Gasteiger partial charge in [0.25, 0.3) is 0 Å². The Hall–Kier alpha value is -3.39. The molecular weight excluding hydrogens is 310 g/mol. The first-order chi connectivity index (χ1) is 12.2. The number of aryl methyl sites for hydroxylation is 1. The van der Waals surface area contributed by atoms with Gasteiger partial charge in [0, 0.05) is 6.20 Å². The van der Waals surface area contributed by atoms with Crippen LogP contribution in [0.15, 0.2) is 54.7 Å². The van der Waals surface area contributed by atoms with Gasteiger partial charge < -0.3 is 5.32 Å². The van der Waals surface area contributed by atoms with Crippen molar-refractivity contribution in [1.82, 2.24) is 14.4 Å². The first-order valence-electron chi connectivity index (χ1n) is 8.17. The van der Waals surface area contributed by atoms with Crippen LogP contribution in [-0.4, -0.2) is 14.4 Å². The van der Waals surface area contributed by atoms with Crippen LogP contribution in [-0.2, 0) is 0 Å². The number of para-hydroxylation sites is 2. The molecule has 0 saturated carbocycles. The quantitative estimate of drug-likeness (QED) is 0.611.